The Morgan fingerprint density at radius 2 is 1.96 bits per heavy atom. The van der Waals surface area contributed by atoms with Crippen LogP contribution in [0, 0.1) is 6.92 Å². The molecule has 1 aliphatic rings. The molecule has 2 aromatic carbocycles. The van der Waals surface area contributed by atoms with Crippen molar-refractivity contribution in [1.82, 2.24) is 5.32 Å². The molecule has 0 aliphatic carbocycles. The molecule has 3 rings (SSSR count). The Hall–Kier alpha value is -2.44. The van der Waals surface area contributed by atoms with E-state index in [9.17, 15) is 4.79 Å². The SMILES string of the molecule is COc1ccc(OC)c(/C=C2\SC(=Nc3ccc(C)c(Cl)c3)NC2=O)c1. The number of rotatable bonds is 4. The summed E-state index contributed by atoms with van der Waals surface area (Å²) in [5, 5.41) is 3.90. The van der Waals surface area contributed by atoms with Crippen molar-refractivity contribution >= 4 is 46.2 Å². The largest absolute Gasteiger partial charge is 0.497 e. The van der Waals surface area contributed by atoms with Gasteiger partial charge in [-0.05, 0) is 60.7 Å². The number of hydrogen-bond acceptors (Lipinski definition) is 5. The Morgan fingerprint density at radius 3 is 2.65 bits per heavy atom. The summed E-state index contributed by atoms with van der Waals surface area (Å²) in [5.74, 6) is 1.13. The van der Waals surface area contributed by atoms with E-state index in [4.69, 9.17) is 21.1 Å². The molecular weight excluding hydrogens is 372 g/mol. The van der Waals surface area contributed by atoms with Crippen LogP contribution in [0.5, 0.6) is 11.5 Å². The molecule has 1 amide bonds. The minimum atomic E-state index is -0.211. The molecule has 1 fully saturated rings. The number of amidine groups is 1. The topological polar surface area (TPSA) is 59.9 Å². The lowest BCUT2D eigenvalue weighted by atomic mass is 10.1. The lowest BCUT2D eigenvalue weighted by molar-refractivity contribution is -0.115. The highest BCUT2D eigenvalue weighted by molar-refractivity contribution is 8.18. The van der Waals surface area contributed by atoms with E-state index in [0.717, 1.165) is 11.1 Å². The smallest absolute Gasteiger partial charge is 0.264 e. The molecule has 0 saturated carbocycles. The van der Waals surface area contributed by atoms with Crippen molar-refractivity contribution in [3.63, 3.8) is 0 Å². The van der Waals surface area contributed by atoms with Gasteiger partial charge in [0.15, 0.2) is 5.17 Å². The van der Waals surface area contributed by atoms with Crippen molar-refractivity contribution in [2.24, 2.45) is 4.99 Å². The molecule has 5 nitrogen and oxygen atoms in total. The number of halogens is 1. The fourth-order valence-electron chi connectivity index (χ4n) is 2.34. The lowest BCUT2D eigenvalue weighted by Gasteiger charge is -2.07. The maximum Gasteiger partial charge on any atom is 0.264 e. The van der Waals surface area contributed by atoms with E-state index in [2.05, 4.69) is 10.3 Å². The monoisotopic (exact) mass is 388 g/mol. The molecule has 26 heavy (non-hydrogen) atoms. The zero-order valence-corrected chi connectivity index (χ0v) is 16.1. The van der Waals surface area contributed by atoms with Crippen molar-refractivity contribution in [3.05, 3.63) is 57.5 Å². The van der Waals surface area contributed by atoms with E-state index in [0.29, 0.717) is 32.3 Å². The van der Waals surface area contributed by atoms with Crippen LogP contribution in [0.3, 0.4) is 0 Å². The van der Waals surface area contributed by atoms with Gasteiger partial charge < -0.3 is 14.8 Å². The Bertz CT molecular complexity index is 925. The molecule has 1 N–H and O–H groups in total. The average Bonchev–Trinajstić information content (AvgIpc) is 2.97. The van der Waals surface area contributed by atoms with Crippen LogP contribution < -0.4 is 14.8 Å². The fourth-order valence-corrected chi connectivity index (χ4v) is 3.35. The van der Waals surface area contributed by atoms with Gasteiger partial charge in [-0.2, -0.15) is 0 Å². The second-order valence-electron chi connectivity index (χ2n) is 5.52. The summed E-state index contributed by atoms with van der Waals surface area (Å²) in [6, 6.07) is 10.9. The number of thioether (sulfide) groups is 1. The van der Waals surface area contributed by atoms with Gasteiger partial charge in [0.25, 0.3) is 5.91 Å². The first-order chi connectivity index (χ1) is 12.5. The van der Waals surface area contributed by atoms with E-state index in [1.54, 1.807) is 38.5 Å². The van der Waals surface area contributed by atoms with Crippen molar-refractivity contribution in [3.8, 4) is 11.5 Å². The Kier molecular flexibility index (Phi) is 5.54. The van der Waals surface area contributed by atoms with E-state index in [-0.39, 0.29) is 5.91 Å². The van der Waals surface area contributed by atoms with Crippen molar-refractivity contribution in [2.75, 3.05) is 14.2 Å². The first kappa shape index (κ1) is 18.4. The summed E-state index contributed by atoms with van der Waals surface area (Å²) in [4.78, 5) is 17.2. The van der Waals surface area contributed by atoms with Crippen LogP contribution in [-0.2, 0) is 4.79 Å². The number of ether oxygens (including phenoxy) is 2. The third kappa shape index (κ3) is 4.03. The van der Waals surface area contributed by atoms with Gasteiger partial charge in [-0.1, -0.05) is 17.7 Å². The van der Waals surface area contributed by atoms with Crippen molar-refractivity contribution < 1.29 is 14.3 Å². The van der Waals surface area contributed by atoms with Gasteiger partial charge in [0.1, 0.15) is 11.5 Å². The number of aliphatic imine (C=N–C) groups is 1. The van der Waals surface area contributed by atoms with Gasteiger partial charge in [0, 0.05) is 10.6 Å². The van der Waals surface area contributed by atoms with Gasteiger partial charge in [0.2, 0.25) is 0 Å². The molecule has 1 heterocycles. The summed E-state index contributed by atoms with van der Waals surface area (Å²) in [5.41, 5.74) is 2.41. The maximum absolute atomic E-state index is 12.3. The molecule has 0 bridgehead atoms. The van der Waals surface area contributed by atoms with Gasteiger partial charge in [-0.3, -0.25) is 4.79 Å². The Balaban J connectivity index is 1.89. The number of hydrogen-bond donors (Lipinski definition) is 1. The number of nitrogens with zero attached hydrogens (tertiary/aromatic N) is 1. The molecule has 0 aromatic heterocycles. The zero-order chi connectivity index (χ0) is 18.7. The highest BCUT2D eigenvalue weighted by Gasteiger charge is 2.24. The average molecular weight is 389 g/mol. The standard InChI is InChI=1S/C19H17ClN2O3S/c1-11-4-5-13(10-15(11)20)21-19-22-18(23)17(26-19)9-12-8-14(24-2)6-7-16(12)25-3/h4-10H,1-3H3,(H,21,22,23)/b17-9-. The molecule has 134 valence electrons. The van der Waals surface area contributed by atoms with Gasteiger partial charge >= 0.3 is 0 Å². The van der Waals surface area contributed by atoms with Crippen molar-refractivity contribution in [2.45, 2.75) is 6.92 Å². The predicted molar refractivity (Wildman–Crippen MR) is 107 cm³/mol. The first-order valence-electron chi connectivity index (χ1n) is 7.78. The zero-order valence-electron chi connectivity index (χ0n) is 14.5. The van der Waals surface area contributed by atoms with E-state index < -0.39 is 0 Å². The molecule has 7 heteroatoms. The van der Waals surface area contributed by atoms with Crippen LogP contribution in [0.2, 0.25) is 5.02 Å². The van der Waals surface area contributed by atoms with Crippen LogP contribution >= 0.6 is 23.4 Å². The third-order valence-corrected chi connectivity index (χ3v) is 5.08. The van der Waals surface area contributed by atoms with Gasteiger partial charge in [-0.15, -0.1) is 0 Å². The number of nitrogens with one attached hydrogen (secondary N) is 1. The molecule has 1 saturated heterocycles. The second-order valence-corrected chi connectivity index (χ2v) is 6.96. The molecular formula is C19H17ClN2O3S. The Labute approximate surface area is 161 Å². The number of carbonyl (C=O) groups excluding carboxylic acids is 1. The molecule has 2 aromatic rings. The number of amides is 1. The van der Waals surface area contributed by atoms with Crippen LogP contribution in [-0.4, -0.2) is 25.3 Å². The normalized spacial score (nSPS) is 16.8. The number of carbonyl (C=O) groups is 1. The summed E-state index contributed by atoms with van der Waals surface area (Å²) in [6.45, 7) is 1.92. The minimum absolute atomic E-state index is 0.211. The summed E-state index contributed by atoms with van der Waals surface area (Å²) >= 11 is 7.39. The number of aryl methyl sites for hydroxylation is 1. The summed E-state index contributed by atoms with van der Waals surface area (Å²) in [6.07, 6.45) is 1.76. The van der Waals surface area contributed by atoms with Crippen LogP contribution in [0.4, 0.5) is 5.69 Å². The molecule has 0 radical (unpaired) electrons. The maximum atomic E-state index is 12.3. The van der Waals surface area contributed by atoms with E-state index in [1.807, 2.05) is 25.1 Å². The van der Waals surface area contributed by atoms with Gasteiger partial charge in [-0.25, -0.2) is 4.99 Å². The summed E-state index contributed by atoms with van der Waals surface area (Å²) < 4.78 is 10.6. The van der Waals surface area contributed by atoms with Crippen LogP contribution in [0.15, 0.2) is 46.3 Å². The quantitative estimate of drug-likeness (QED) is 0.780. The highest BCUT2D eigenvalue weighted by atomic mass is 35.5. The van der Waals surface area contributed by atoms with Crippen LogP contribution in [0.1, 0.15) is 11.1 Å². The molecule has 1 aliphatic heterocycles. The summed E-state index contributed by atoms with van der Waals surface area (Å²) in [7, 11) is 3.17. The van der Waals surface area contributed by atoms with Crippen molar-refractivity contribution in [1.29, 1.82) is 0 Å². The van der Waals surface area contributed by atoms with E-state index >= 15 is 0 Å². The molecule has 0 atom stereocenters. The third-order valence-electron chi connectivity index (χ3n) is 3.76. The second kappa shape index (κ2) is 7.85. The fraction of sp³-hybridized carbons (Fsp3) is 0.158. The predicted octanol–water partition coefficient (Wildman–Crippen LogP) is 4.56. The lowest BCUT2D eigenvalue weighted by Crippen LogP contribution is -2.19. The highest BCUT2D eigenvalue weighted by Crippen LogP contribution is 2.32. The number of benzene rings is 2. The van der Waals surface area contributed by atoms with E-state index in [1.165, 1.54) is 11.8 Å². The number of methoxy groups -OCH3 is 2. The Morgan fingerprint density at radius 1 is 1.15 bits per heavy atom. The minimum Gasteiger partial charge on any atom is -0.497 e. The van der Waals surface area contributed by atoms with Gasteiger partial charge in [0.05, 0.1) is 24.8 Å². The molecule has 0 unspecified atom stereocenters. The van der Waals surface area contributed by atoms with Crippen LogP contribution in [0.25, 0.3) is 6.08 Å². The first-order valence-corrected chi connectivity index (χ1v) is 8.97. The molecule has 0 spiro atoms.